The normalized spacial score (nSPS) is 11.5. The number of nitro groups is 1. The number of aliphatic hydroxyl groups excluding tert-OH is 1. The lowest BCUT2D eigenvalue weighted by Crippen LogP contribution is -2.28. The molecule has 2 N–H and O–H groups in total. The number of sulfonamides is 1. The first-order valence-corrected chi connectivity index (χ1v) is 7.37. The van der Waals surface area contributed by atoms with E-state index in [9.17, 15) is 18.5 Å². The maximum atomic E-state index is 11.9. The number of ether oxygens (including phenoxy) is 1. The van der Waals surface area contributed by atoms with Gasteiger partial charge in [0.15, 0.2) is 0 Å². The van der Waals surface area contributed by atoms with Crippen LogP contribution in [-0.4, -0.2) is 44.8 Å². The fourth-order valence-electron chi connectivity index (χ4n) is 1.30. The molecule has 1 aromatic carbocycles. The number of rotatable bonds is 8. The largest absolute Gasteiger partial charge is 0.394 e. The van der Waals surface area contributed by atoms with Crippen LogP contribution in [0.25, 0.3) is 0 Å². The van der Waals surface area contributed by atoms with Crippen molar-refractivity contribution in [3.05, 3.63) is 33.3 Å². The molecule has 112 valence electrons. The van der Waals surface area contributed by atoms with Gasteiger partial charge in [-0.25, -0.2) is 13.1 Å². The van der Waals surface area contributed by atoms with Crippen molar-refractivity contribution in [2.24, 2.45) is 0 Å². The van der Waals surface area contributed by atoms with Crippen LogP contribution in [0.15, 0.2) is 23.1 Å². The summed E-state index contributed by atoms with van der Waals surface area (Å²) in [5.74, 6) is 0. The topological polar surface area (TPSA) is 119 Å². The standard InChI is InChI=1S/C10H13ClN2O6S/c11-9-2-1-8(13(15)16)7-10(9)20(17,18)12-3-5-19-6-4-14/h1-2,7,12,14H,3-6H2. The molecule has 0 aliphatic carbocycles. The maximum Gasteiger partial charge on any atom is 0.270 e. The Morgan fingerprint density at radius 3 is 2.70 bits per heavy atom. The maximum absolute atomic E-state index is 11.9. The summed E-state index contributed by atoms with van der Waals surface area (Å²) in [5, 5.41) is 19.0. The van der Waals surface area contributed by atoms with Crippen molar-refractivity contribution in [3.8, 4) is 0 Å². The molecule has 0 aliphatic rings. The summed E-state index contributed by atoms with van der Waals surface area (Å²) < 4.78 is 31.0. The van der Waals surface area contributed by atoms with Crippen molar-refractivity contribution in [2.45, 2.75) is 4.90 Å². The summed E-state index contributed by atoms with van der Waals surface area (Å²) in [4.78, 5) is 9.55. The van der Waals surface area contributed by atoms with Gasteiger partial charge in [0.2, 0.25) is 10.0 Å². The zero-order chi connectivity index (χ0) is 15.2. The Morgan fingerprint density at radius 2 is 2.10 bits per heavy atom. The summed E-state index contributed by atoms with van der Waals surface area (Å²) in [6, 6.07) is 3.15. The van der Waals surface area contributed by atoms with Gasteiger partial charge in [0.05, 0.1) is 29.8 Å². The Hall–Kier alpha value is -1.26. The van der Waals surface area contributed by atoms with Crippen LogP contribution in [0.4, 0.5) is 5.69 Å². The van der Waals surface area contributed by atoms with E-state index in [-0.39, 0.29) is 42.0 Å². The van der Waals surface area contributed by atoms with Crippen LogP contribution in [0.2, 0.25) is 5.02 Å². The van der Waals surface area contributed by atoms with Crippen LogP contribution < -0.4 is 4.72 Å². The SMILES string of the molecule is O=[N+]([O-])c1ccc(Cl)c(S(=O)(=O)NCCOCCO)c1. The van der Waals surface area contributed by atoms with Crippen molar-refractivity contribution in [1.82, 2.24) is 4.72 Å². The zero-order valence-corrected chi connectivity index (χ0v) is 11.9. The number of benzene rings is 1. The predicted octanol–water partition coefficient (Wildman–Crippen LogP) is 0.535. The first kappa shape index (κ1) is 16.8. The van der Waals surface area contributed by atoms with Crippen LogP contribution in [0.5, 0.6) is 0 Å². The molecular weight excluding hydrogens is 312 g/mol. The van der Waals surface area contributed by atoms with Crippen molar-refractivity contribution in [3.63, 3.8) is 0 Å². The second-order valence-electron chi connectivity index (χ2n) is 3.61. The molecule has 0 heterocycles. The highest BCUT2D eigenvalue weighted by Crippen LogP contribution is 2.25. The molecule has 1 rings (SSSR count). The fourth-order valence-corrected chi connectivity index (χ4v) is 2.83. The smallest absolute Gasteiger partial charge is 0.270 e. The van der Waals surface area contributed by atoms with E-state index >= 15 is 0 Å². The number of nitro benzene ring substituents is 1. The molecule has 20 heavy (non-hydrogen) atoms. The Bertz CT molecular complexity index is 577. The summed E-state index contributed by atoms with van der Waals surface area (Å²) in [5.41, 5.74) is -0.369. The summed E-state index contributed by atoms with van der Waals surface area (Å²) >= 11 is 5.74. The molecule has 0 saturated heterocycles. The van der Waals surface area contributed by atoms with E-state index in [0.717, 1.165) is 18.2 Å². The Morgan fingerprint density at radius 1 is 1.40 bits per heavy atom. The number of aliphatic hydroxyl groups is 1. The average Bonchev–Trinajstić information content (AvgIpc) is 2.38. The molecule has 0 spiro atoms. The molecule has 0 aliphatic heterocycles. The molecule has 0 radical (unpaired) electrons. The third-order valence-electron chi connectivity index (χ3n) is 2.19. The van der Waals surface area contributed by atoms with Gasteiger partial charge < -0.3 is 9.84 Å². The van der Waals surface area contributed by atoms with E-state index in [1.807, 2.05) is 0 Å². The molecule has 0 atom stereocenters. The van der Waals surface area contributed by atoms with Gasteiger partial charge in [0.25, 0.3) is 5.69 Å². The van der Waals surface area contributed by atoms with Gasteiger partial charge in [-0.2, -0.15) is 0 Å². The highest BCUT2D eigenvalue weighted by atomic mass is 35.5. The minimum absolute atomic E-state index is 0.0403. The second kappa shape index (κ2) is 7.50. The van der Waals surface area contributed by atoms with Crippen LogP contribution in [0.3, 0.4) is 0 Å². The predicted molar refractivity (Wildman–Crippen MR) is 71.2 cm³/mol. The quantitative estimate of drug-likeness (QED) is 0.409. The van der Waals surface area contributed by atoms with Gasteiger partial charge in [-0.1, -0.05) is 11.6 Å². The third-order valence-corrected chi connectivity index (χ3v) is 4.13. The van der Waals surface area contributed by atoms with E-state index < -0.39 is 14.9 Å². The van der Waals surface area contributed by atoms with E-state index in [2.05, 4.69) is 4.72 Å². The number of halogens is 1. The highest BCUT2D eigenvalue weighted by molar-refractivity contribution is 7.89. The summed E-state index contributed by atoms with van der Waals surface area (Å²) in [7, 11) is -3.96. The first-order chi connectivity index (χ1) is 9.38. The van der Waals surface area contributed by atoms with Gasteiger partial charge in [0.1, 0.15) is 4.90 Å². The van der Waals surface area contributed by atoms with Gasteiger partial charge in [-0.15, -0.1) is 0 Å². The molecule has 0 unspecified atom stereocenters. The lowest BCUT2D eigenvalue weighted by molar-refractivity contribution is -0.385. The van der Waals surface area contributed by atoms with Crippen LogP contribution in [0, 0.1) is 10.1 Å². The van der Waals surface area contributed by atoms with Gasteiger partial charge in [0, 0.05) is 18.7 Å². The van der Waals surface area contributed by atoms with Gasteiger partial charge in [-0.3, -0.25) is 10.1 Å². The summed E-state index contributed by atoms with van der Waals surface area (Å²) in [6.07, 6.45) is 0. The number of non-ortho nitro benzene ring substituents is 1. The lowest BCUT2D eigenvalue weighted by Gasteiger charge is -2.08. The van der Waals surface area contributed by atoms with E-state index in [0.29, 0.717) is 0 Å². The molecule has 0 bridgehead atoms. The second-order valence-corrected chi connectivity index (χ2v) is 5.75. The van der Waals surface area contributed by atoms with Gasteiger partial charge in [-0.05, 0) is 6.07 Å². The minimum Gasteiger partial charge on any atom is -0.394 e. The Labute approximate surface area is 120 Å². The van der Waals surface area contributed by atoms with Crippen LogP contribution in [0.1, 0.15) is 0 Å². The highest BCUT2D eigenvalue weighted by Gasteiger charge is 2.21. The number of hydrogen-bond acceptors (Lipinski definition) is 6. The van der Waals surface area contributed by atoms with Crippen molar-refractivity contribution < 1.29 is 23.2 Å². The zero-order valence-electron chi connectivity index (χ0n) is 10.3. The molecule has 0 fully saturated rings. The molecule has 10 heteroatoms. The molecule has 0 saturated carbocycles. The number of nitrogens with one attached hydrogen (secondary N) is 1. The number of hydrogen-bond donors (Lipinski definition) is 2. The minimum atomic E-state index is -3.96. The fraction of sp³-hybridized carbons (Fsp3) is 0.400. The summed E-state index contributed by atoms with van der Waals surface area (Å²) in [6.45, 7) is -0.0452. The molecule has 0 amide bonds. The van der Waals surface area contributed by atoms with E-state index in [1.165, 1.54) is 0 Å². The van der Waals surface area contributed by atoms with Crippen molar-refractivity contribution >= 4 is 27.3 Å². The van der Waals surface area contributed by atoms with Crippen LogP contribution in [-0.2, 0) is 14.8 Å². The molecule has 0 aromatic heterocycles. The Kier molecular flexibility index (Phi) is 6.30. The molecule has 1 aromatic rings. The first-order valence-electron chi connectivity index (χ1n) is 5.50. The van der Waals surface area contributed by atoms with Crippen LogP contribution >= 0.6 is 11.6 Å². The molecular formula is C10H13ClN2O6S. The number of nitrogens with zero attached hydrogens (tertiary/aromatic N) is 1. The van der Waals surface area contributed by atoms with E-state index in [4.69, 9.17) is 21.4 Å². The van der Waals surface area contributed by atoms with Crippen molar-refractivity contribution in [2.75, 3.05) is 26.4 Å². The monoisotopic (exact) mass is 324 g/mol. The van der Waals surface area contributed by atoms with E-state index in [1.54, 1.807) is 0 Å². The third kappa shape index (κ3) is 4.69. The average molecular weight is 325 g/mol. The lowest BCUT2D eigenvalue weighted by atomic mass is 10.3. The van der Waals surface area contributed by atoms with Crippen molar-refractivity contribution in [1.29, 1.82) is 0 Å². The Balaban J connectivity index is 2.81. The molecule has 8 nitrogen and oxygen atoms in total. The van der Waals surface area contributed by atoms with Gasteiger partial charge >= 0.3 is 0 Å².